The summed E-state index contributed by atoms with van der Waals surface area (Å²) in [5.41, 5.74) is 6.60. The highest BCUT2D eigenvalue weighted by atomic mass is 16.3. The third kappa shape index (κ3) is 3.66. The van der Waals surface area contributed by atoms with Gasteiger partial charge < -0.3 is 19.6 Å². The first-order chi connectivity index (χ1) is 14.3. The van der Waals surface area contributed by atoms with Gasteiger partial charge in [0, 0.05) is 54.4 Å². The molecule has 0 radical (unpaired) electrons. The van der Waals surface area contributed by atoms with Crippen molar-refractivity contribution >= 4 is 10.9 Å². The fourth-order valence-electron chi connectivity index (χ4n) is 4.47. The van der Waals surface area contributed by atoms with E-state index in [0.717, 1.165) is 55.7 Å². The topological polar surface area (TPSA) is 64.5 Å². The maximum absolute atomic E-state index is 12.4. The highest BCUT2D eigenvalue weighted by Gasteiger charge is 2.22. The largest absolute Gasteiger partial charge is 0.507 e. The van der Waals surface area contributed by atoms with E-state index < -0.39 is 0 Å². The number of nitrogens with one attached hydrogen (secondary N) is 1. The smallest absolute Gasteiger partial charge is 0.255 e. The fourth-order valence-corrected chi connectivity index (χ4v) is 4.47. The number of benzene rings is 1. The van der Waals surface area contributed by atoms with Crippen LogP contribution in [0.2, 0.25) is 0 Å². The molecular weight excluding hydrogens is 376 g/mol. The number of rotatable bonds is 5. The molecule has 0 bridgehead atoms. The first-order valence-corrected chi connectivity index (χ1v) is 10.7. The Kier molecular flexibility index (Phi) is 5.47. The molecule has 4 rings (SSSR count). The van der Waals surface area contributed by atoms with Crippen molar-refractivity contribution in [1.29, 1.82) is 0 Å². The van der Waals surface area contributed by atoms with Crippen LogP contribution in [0.25, 0.3) is 22.2 Å². The number of aromatic nitrogens is 2. The lowest BCUT2D eigenvalue weighted by Crippen LogP contribution is -2.28. The second-order valence-corrected chi connectivity index (χ2v) is 8.94. The van der Waals surface area contributed by atoms with Gasteiger partial charge in [-0.3, -0.25) is 9.69 Å². The average molecular weight is 409 g/mol. The molecule has 0 amide bonds. The molecule has 1 aromatic carbocycles. The maximum Gasteiger partial charge on any atom is 0.255 e. The molecule has 0 saturated heterocycles. The van der Waals surface area contributed by atoms with Crippen LogP contribution in [0.1, 0.15) is 28.8 Å². The van der Waals surface area contributed by atoms with Gasteiger partial charge in [0.1, 0.15) is 5.75 Å². The molecule has 160 valence electrons. The normalized spacial score (nSPS) is 13.7. The minimum atomic E-state index is -0.213. The van der Waals surface area contributed by atoms with E-state index >= 15 is 0 Å². The third-order valence-electron chi connectivity index (χ3n) is 6.39. The number of aryl methyl sites for hydroxylation is 2. The lowest BCUT2D eigenvalue weighted by molar-refractivity contribution is 0.272. The van der Waals surface area contributed by atoms with E-state index in [0.29, 0.717) is 5.56 Å². The summed E-state index contributed by atoms with van der Waals surface area (Å²) >= 11 is 0. The van der Waals surface area contributed by atoms with Gasteiger partial charge >= 0.3 is 0 Å². The maximum atomic E-state index is 12.4. The molecule has 0 saturated carbocycles. The Morgan fingerprint density at radius 2 is 1.90 bits per heavy atom. The van der Waals surface area contributed by atoms with Gasteiger partial charge in [0.05, 0.1) is 11.3 Å². The van der Waals surface area contributed by atoms with Crippen molar-refractivity contribution in [1.82, 2.24) is 19.4 Å². The van der Waals surface area contributed by atoms with Crippen molar-refractivity contribution in [2.24, 2.45) is 7.05 Å². The quantitative estimate of drug-likeness (QED) is 0.681. The molecule has 2 aromatic heterocycles. The summed E-state index contributed by atoms with van der Waals surface area (Å²) in [5, 5.41) is 11.8. The Bertz CT molecular complexity index is 1160. The number of aromatic hydroxyl groups is 1. The number of fused-ring (bicyclic) bond motifs is 4. The van der Waals surface area contributed by atoms with Crippen LogP contribution in [0.15, 0.2) is 23.0 Å². The number of likely N-dealkylation sites (N-methyl/N-ethyl adjacent to an activating group) is 2. The molecule has 2 heterocycles. The molecule has 3 aromatic rings. The predicted octanol–water partition coefficient (Wildman–Crippen LogP) is 3.03. The number of nitrogens with zero attached hydrogens (tertiary/aromatic N) is 3. The Balaban J connectivity index is 1.78. The predicted molar refractivity (Wildman–Crippen MR) is 122 cm³/mol. The van der Waals surface area contributed by atoms with Gasteiger partial charge in [-0.2, -0.15) is 0 Å². The number of hydrogen-bond acceptors (Lipinski definition) is 4. The SMILES string of the molecule is Cc1c(O)c2c([nH]c1=O)-c1cc3cc(CN(C)CCN(C)C)n(C)c3cc1CCC2. The fraction of sp³-hybridized carbons (Fsp3) is 0.458. The van der Waals surface area contributed by atoms with Gasteiger partial charge in [0.15, 0.2) is 0 Å². The van der Waals surface area contributed by atoms with E-state index in [-0.39, 0.29) is 11.3 Å². The zero-order valence-corrected chi connectivity index (χ0v) is 18.7. The average Bonchev–Trinajstić information content (AvgIpc) is 2.88. The van der Waals surface area contributed by atoms with Crippen LogP contribution in [-0.4, -0.2) is 58.7 Å². The number of aromatic amines is 1. The molecule has 0 spiro atoms. The van der Waals surface area contributed by atoms with Crippen LogP contribution in [0.5, 0.6) is 5.75 Å². The zero-order chi connectivity index (χ0) is 21.6. The third-order valence-corrected chi connectivity index (χ3v) is 6.39. The number of H-pyrrole nitrogens is 1. The second kappa shape index (κ2) is 7.93. The Morgan fingerprint density at radius 1 is 1.13 bits per heavy atom. The number of pyridine rings is 1. The summed E-state index contributed by atoms with van der Waals surface area (Å²) in [7, 11) is 8.48. The van der Waals surface area contributed by atoms with Gasteiger partial charge in [0.2, 0.25) is 0 Å². The van der Waals surface area contributed by atoms with Crippen LogP contribution < -0.4 is 5.56 Å². The van der Waals surface area contributed by atoms with E-state index in [1.165, 1.54) is 22.2 Å². The van der Waals surface area contributed by atoms with Gasteiger partial charge in [-0.25, -0.2) is 0 Å². The first kappa shape index (κ1) is 20.7. The Hall–Kier alpha value is -2.57. The lowest BCUT2D eigenvalue weighted by atomic mass is 9.98. The molecule has 6 heteroatoms. The molecule has 0 atom stereocenters. The molecule has 0 aliphatic heterocycles. The summed E-state index contributed by atoms with van der Waals surface area (Å²) in [6.45, 7) is 4.61. The van der Waals surface area contributed by atoms with E-state index in [4.69, 9.17) is 0 Å². The highest BCUT2D eigenvalue weighted by Crippen LogP contribution is 2.38. The van der Waals surface area contributed by atoms with Crippen LogP contribution in [0.3, 0.4) is 0 Å². The monoisotopic (exact) mass is 408 g/mol. The van der Waals surface area contributed by atoms with Crippen molar-refractivity contribution in [3.05, 3.63) is 50.9 Å². The minimum Gasteiger partial charge on any atom is -0.507 e. The van der Waals surface area contributed by atoms with E-state index in [1.54, 1.807) is 6.92 Å². The molecule has 6 nitrogen and oxygen atoms in total. The molecule has 0 unspecified atom stereocenters. The highest BCUT2D eigenvalue weighted by molar-refractivity contribution is 5.89. The molecule has 2 N–H and O–H groups in total. The van der Waals surface area contributed by atoms with Gasteiger partial charge in [-0.05, 0) is 71.1 Å². The Morgan fingerprint density at radius 3 is 2.63 bits per heavy atom. The van der Waals surface area contributed by atoms with Crippen molar-refractivity contribution in [3.8, 4) is 17.0 Å². The number of hydrogen-bond donors (Lipinski definition) is 2. The molecular formula is C24H32N4O2. The molecule has 1 aliphatic carbocycles. The second-order valence-electron chi connectivity index (χ2n) is 8.94. The van der Waals surface area contributed by atoms with Gasteiger partial charge in [0.25, 0.3) is 5.56 Å². The van der Waals surface area contributed by atoms with Gasteiger partial charge in [-0.15, -0.1) is 0 Å². The summed E-state index contributed by atoms with van der Waals surface area (Å²) in [5.74, 6) is 0.151. The van der Waals surface area contributed by atoms with Crippen LogP contribution in [-0.2, 0) is 26.4 Å². The Labute approximate surface area is 177 Å². The van der Waals surface area contributed by atoms with Crippen molar-refractivity contribution < 1.29 is 5.11 Å². The van der Waals surface area contributed by atoms with Crippen molar-refractivity contribution in [2.45, 2.75) is 32.7 Å². The summed E-state index contributed by atoms with van der Waals surface area (Å²) in [4.78, 5) is 19.9. The van der Waals surface area contributed by atoms with Gasteiger partial charge in [-0.1, -0.05) is 0 Å². The summed E-state index contributed by atoms with van der Waals surface area (Å²) < 4.78 is 2.28. The molecule has 1 aliphatic rings. The first-order valence-electron chi connectivity index (χ1n) is 10.7. The van der Waals surface area contributed by atoms with Crippen LogP contribution >= 0.6 is 0 Å². The standard InChI is InChI=1S/C24H32N4O2/c1-15-23(29)19-8-6-7-16-13-21-17(12-20(16)22(19)25-24(15)30)11-18(28(21)5)14-27(4)10-9-26(2)3/h11-13H,6-10,14H2,1-5H3,(H2,25,29,30). The van der Waals surface area contributed by atoms with Crippen LogP contribution in [0, 0.1) is 6.92 Å². The molecule has 30 heavy (non-hydrogen) atoms. The van der Waals surface area contributed by atoms with Crippen molar-refractivity contribution in [3.63, 3.8) is 0 Å². The van der Waals surface area contributed by atoms with E-state index in [1.807, 2.05) is 0 Å². The zero-order valence-electron chi connectivity index (χ0n) is 18.7. The van der Waals surface area contributed by atoms with Crippen molar-refractivity contribution in [2.75, 3.05) is 34.2 Å². The molecule has 0 fully saturated rings. The van der Waals surface area contributed by atoms with E-state index in [2.05, 4.69) is 65.7 Å². The van der Waals surface area contributed by atoms with Crippen LogP contribution in [0.4, 0.5) is 0 Å². The lowest BCUT2D eigenvalue weighted by Gasteiger charge is -2.19. The minimum absolute atomic E-state index is 0.151. The summed E-state index contributed by atoms with van der Waals surface area (Å²) in [6.07, 6.45) is 2.66. The van der Waals surface area contributed by atoms with E-state index in [9.17, 15) is 9.90 Å². The summed E-state index contributed by atoms with van der Waals surface area (Å²) in [6, 6.07) is 6.69.